The van der Waals surface area contributed by atoms with Crippen molar-refractivity contribution >= 4 is 23.2 Å². The van der Waals surface area contributed by atoms with Gasteiger partial charge in [0.05, 0.1) is 6.04 Å². The number of hydrogen-bond donors (Lipinski definition) is 0. The fourth-order valence-corrected chi connectivity index (χ4v) is 3.28. The fourth-order valence-electron chi connectivity index (χ4n) is 2.62. The summed E-state index contributed by atoms with van der Waals surface area (Å²) in [5, 5.41) is 0.0864. The van der Waals surface area contributed by atoms with Crippen LogP contribution in [0.3, 0.4) is 0 Å². The lowest BCUT2D eigenvalue weighted by Crippen LogP contribution is -2.58. The van der Waals surface area contributed by atoms with Gasteiger partial charge in [-0.25, -0.2) is 4.98 Å². The van der Waals surface area contributed by atoms with Gasteiger partial charge in [0.15, 0.2) is 5.01 Å². The van der Waals surface area contributed by atoms with Crippen LogP contribution >= 0.6 is 11.3 Å². The number of thiazole rings is 1. The Balaban J connectivity index is 2.15. The normalized spacial score (nSPS) is 18.8. The zero-order chi connectivity index (χ0) is 18.1. The molecule has 1 aromatic rings. The minimum atomic E-state index is -4.56. The maximum atomic E-state index is 12.6. The molecule has 1 aromatic heterocycles. The number of halogens is 3. The minimum Gasteiger partial charge on any atom is -0.333 e. The Morgan fingerprint density at radius 2 is 2.08 bits per heavy atom. The number of piperazine rings is 1. The van der Waals surface area contributed by atoms with Crippen LogP contribution in [0.25, 0.3) is 0 Å². The van der Waals surface area contributed by atoms with Crippen molar-refractivity contribution in [3.8, 4) is 0 Å². The van der Waals surface area contributed by atoms with Gasteiger partial charge in [-0.05, 0) is 12.0 Å². The summed E-state index contributed by atoms with van der Waals surface area (Å²) < 4.78 is 37.9. The summed E-state index contributed by atoms with van der Waals surface area (Å²) in [7, 11) is 0. The van der Waals surface area contributed by atoms with E-state index < -0.39 is 17.1 Å². The molecule has 0 spiro atoms. The van der Waals surface area contributed by atoms with E-state index in [1.807, 2.05) is 13.8 Å². The summed E-state index contributed by atoms with van der Waals surface area (Å²) in [5.74, 6) is -0.669. The highest BCUT2D eigenvalue weighted by atomic mass is 32.1. The predicted molar refractivity (Wildman–Crippen MR) is 83.6 cm³/mol. The Hall–Kier alpha value is -1.90. The van der Waals surface area contributed by atoms with E-state index in [0.29, 0.717) is 17.9 Å². The van der Waals surface area contributed by atoms with E-state index in [0.717, 1.165) is 5.38 Å². The lowest BCUT2D eigenvalue weighted by molar-refractivity contribution is -0.137. The molecule has 0 aromatic carbocycles. The molecule has 0 bridgehead atoms. The molecule has 1 fully saturated rings. The summed E-state index contributed by atoms with van der Waals surface area (Å²) in [4.78, 5) is 30.8. The van der Waals surface area contributed by atoms with E-state index >= 15 is 0 Å². The number of rotatable bonds is 3. The summed E-state index contributed by atoms with van der Waals surface area (Å²) in [6.07, 6.45) is -3.33. The zero-order valence-corrected chi connectivity index (χ0v) is 14.2. The van der Waals surface area contributed by atoms with Crippen molar-refractivity contribution in [2.75, 3.05) is 19.6 Å². The molecule has 0 radical (unpaired) electrons. The molecule has 1 aliphatic rings. The molecule has 1 saturated heterocycles. The number of hydrogen-bond acceptors (Lipinski definition) is 4. The largest absolute Gasteiger partial charge is 0.443 e. The highest BCUT2D eigenvalue weighted by molar-refractivity contribution is 7.09. The lowest BCUT2D eigenvalue weighted by atomic mass is 9.99. The van der Waals surface area contributed by atoms with E-state index in [9.17, 15) is 22.8 Å². The van der Waals surface area contributed by atoms with Gasteiger partial charge in [-0.15, -0.1) is 11.3 Å². The minimum absolute atomic E-state index is 0.0886. The van der Waals surface area contributed by atoms with Gasteiger partial charge in [0.25, 0.3) is 5.91 Å². The molecular formula is C15H18F3N3O2S. The SMILES string of the molecule is C=CC(=O)N1CCN(C(=O)c2csc(C(F)(F)F)n2)C[C@@H]1C(C)C. The van der Waals surface area contributed by atoms with Crippen molar-refractivity contribution in [2.45, 2.75) is 26.1 Å². The molecule has 2 heterocycles. The predicted octanol–water partition coefficient (Wildman–Crippen LogP) is 2.66. The molecule has 132 valence electrons. The third kappa shape index (κ3) is 3.77. The number of nitrogens with zero attached hydrogens (tertiary/aromatic N) is 3. The second-order valence-electron chi connectivity index (χ2n) is 5.83. The first kappa shape index (κ1) is 18.4. The van der Waals surface area contributed by atoms with Gasteiger partial charge in [-0.2, -0.15) is 13.2 Å². The standard InChI is InChI=1S/C15H18F3N3O2S/c1-4-12(22)21-6-5-20(7-11(21)9(2)3)13(23)10-8-24-14(19-10)15(16,17)18/h4,8-9,11H,1,5-7H2,2-3H3/t11-/m1/s1. The highest BCUT2D eigenvalue weighted by Crippen LogP contribution is 2.32. The quantitative estimate of drug-likeness (QED) is 0.778. The van der Waals surface area contributed by atoms with Crippen molar-refractivity contribution in [3.05, 3.63) is 28.7 Å². The number of carbonyl (C=O) groups is 2. The topological polar surface area (TPSA) is 53.5 Å². The molecule has 9 heteroatoms. The van der Waals surface area contributed by atoms with Crippen LogP contribution in [0.4, 0.5) is 13.2 Å². The van der Waals surface area contributed by atoms with Crippen molar-refractivity contribution in [1.29, 1.82) is 0 Å². The smallest absolute Gasteiger partial charge is 0.333 e. The Labute approximate surface area is 141 Å². The molecule has 24 heavy (non-hydrogen) atoms. The Morgan fingerprint density at radius 3 is 2.58 bits per heavy atom. The second kappa shape index (κ2) is 6.92. The van der Waals surface area contributed by atoms with Crippen LogP contribution in [-0.2, 0) is 11.0 Å². The summed E-state index contributed by atoms with van der Waals surface area (Å²) in [6.45, 7) is 8.14. The van der Waals surface area contributed by atoms with Crippen LogP contribution in [0.2, 0.25) is 0 Å². The molecule has 0 N–H and O–H groups in total. The van der Waals surface area contributed by atoms with Crippen LogP contribution in [0.5, 0.6) is 0 Å². The first-order valence-electron chi connectivity index (χ1n) is 7.40. The van der Waals surface area contributed by atoms with Gasteiger partial charge in [0, 0.05) is 25.0 Å². The fraction of sp³-hybridized carbons (Fsp3) is 0.533. The van der Waals surface area contributed by atoms with Crippen LogP contribution in [0.1, 0.15) is 29.3 Å². The van der Waals surface area contributed by atoms with E-state index in [1.165, 1.54) is 11.0 Å². The molecule has 1 aliphatic heterocycles. The summed E-state index contributed by atoms with van der Waals surface area (Å²) >= 11 is 0.404. The van der Waals surface area contributed by atoms with Gasteiger partial charge >= 0.3 is 6.18 Å². The molecule has 0 unspecified atom stereocenters. The van der Waals surface area contributed by atoms with Gasteiger partial charge in [-0.1, -0.05) is 20.4 Å². The van der Waals surface area contributed by atoms with E-state index in [-0.39, 0.29) is 36.7 Å². The number of aromatic nitrogens is 1. The molecule has 1 atom stereocenters. The Bertz CT molecular complexity index is 642. The summed E-state index contributed by atoms with van der Waals surface area (Å²) in [6, 6.07) is -0.214. The van der Waals surface area contributed by atoms with Gasteiger partial charge in [-0.3, -0.25) is 9.59 Å². The molecule has 2 amide bonds. The zero-order valence-electron chi connectivity index (χ0n) is 13.3. The van der Waals surface area contributed by atoms with Crippen LogP contribution < -0.4 is 0 Å². The van der Waals surface area contributed by atoms with Crippen LogP contribution in [0, 0.1) is 5.92 Å². The van der Waals surface area contributed by atoms with Crippen LogP contribution in [0.15, 0.2) is 18.0 Å². The first-order chi connectivity index (χ1) is 11.1. The van der Waals surface area contributed by atoms with Crippen LogP contribution in [-0.4, -0.2) is 52.3 Å². The van der Waals surface area contributed by atoms with E-state index in [4.69, 9.17) is 0 Å². The third-order valence-corrected chi connectivity index (χ3v) is 4.79. The van der Waals surface area contributed by atoms with Gasteiger partial charge in [0.1, 0.15) is 5.69 Å². The maximum absolute atomic E-state index is 12.6. The monoisotopic (exact) mass is 361 g/mol. The van der Waals surface area contributed by atoms with Gasteiger partial charge in [0.2, 0.25) is 5.91 Å². The highest BCUT2D eigenvalue weighted by Gasteiger charge is 2.37. The Kier molecular flexibility index (Phi) is 5.32. The van der Waals surface area contributed by atoms with Crippen molar-refractivity contribution in [1.82, 2.24) is 14.8 Å². The average Bonchev–Trinajstić information content (AvgIpc) is 3.03. The molecule has 2 rings (SSSR count). The van der Waals surface area contributed by atoms with E-state index in [2.05, 4.69) is 11.6 Å². The average molecular weight is 361 g/mol. The molecular weight excluding hydrogens is 343 g/mol. The Morgan fingerprint density at radius 1 is 1.42 bits per heavy atom. The van der Waals surface area contributed by atoms with E-state index in [1.54, 1.807) is 4.90 Å². The number of alkyl halides is 3. The molecule has 0 saturated carbocycles. The van der Waals surface area contributed by atoms with Crippen molar-refractivity contribution < 1.29 is 22.8 Å². The third-order valence-electron chi connectivity index (χ3n) is 3.90. The van der Waals surface area contributed by atoms with Gasteiger partial charge < -0.3 is 9.80 Å². The molecule has 0 aliphatic carbocycles. The first-order valence-corrected chi connectivity index (χ1v) is 8.28. The summed E-state index contributed by atoms with van der Waals surface area (Å²) in [5.41, 5.74) is -0.210. The van der Waals surface area contributed by atoms with Crippen molar-refractivity contribution in [3.63, 3.8) is 0 Å². The number of amides is 2. The maximum Gasteiger partial charge on any atom is 0.443 e. The lowest BCUT2D eigenvalue weighted by Gasteiger charge is -2.42. The second-order valence-corrected chi connectivity index (χ2v) is 6.69. The number of carbonyl (C=O) groups excluding carboxylic acids is 2. The molecule has 5 nitrogen and oxygen atoms in total. The van der Waals surface area contributed by atoms with Crippen molar-refractivity contribution in [2.24, 2.45) is 5.92 Å².